The van der Waals surface area contributed by atoms with Crippen molar-refractivity contribution in [2.75, 3.05) is 0 Å². The van der Waals surface area contributed by atoms with Gasteiger partial charge < -0.3 is 50.0 Å². The maximum absolute atomic E-state index is 12.6. The van der Waals surface area contributed by atoms with E-state index in [0.717, 1.165) is 5.57 Å². The van der Waals surface area contributed by atoms with Gasteiger partial charge >= 0.3 is 17.9 Å². The minimum atomic E-state index is -1.94. The van der Waals surface area contributed by atoms with Gasteiger partial charge in [0.1, 0.15) is 24.4 Å². The van der Waals surface area contributed by atoms with E-state index in [1.807, 2.05) is 26.0 Å². The maximum atomic E-state index is 12.6. The minimum Gasteiger partial charge on any atom is -0.479 e. The first-order valence-electron chi connectivity index (χ1n) is 14.5. The Bertz CT molecular complexity index is 1010. The molecule has 1 saturated heterocycles. The Hall–Kier alpha value is -2.39. The van der Waals surface area contributed by atoms with E-state index in [-0.39, 0.29) is 48.9 Å². The number of fused-ring (bicyclic) bond motifs is 1. The molecule has 0 amide bonds. The molecular formula is C29H44O13. The standard InChI is InChI=1S/C29H44O13/c1-4-13(2)28(39)40-20-11-17(31)9-15-6-5-14(3)19(22(15)20)8-7-16(30)10-18(32)12-21(33)41-29-25(36)23(34)24(35)26(42-29)27(37)38/h5-6,9,13-14,16-20,22-26,29-32,34-36H,4,7-8,10-12H2,1-3H3,(H,37,38)/t13-,14-,16+,17+,18+,19-,20-,22-,23+,24+,25-,26+,29-/m0/s1. The zero-order valence-corrected chi connectivity index (χ0v) is 24.1. The Morgan fingerprint density at radius 2 is 1.74 bits per heavy atom. The average molecular weight is 601 g/mol. The smallest absolute Gasteiger partial charge is 0.335 e. The lowest BCUT2D eigenvalue weighted by molar-refractivity contribution is -0.286. The average Bonchev–Trinajstić information content (AvgIpc) is 2.91. The van der Waals surface area contributed by atoms with E-state index in [1.165, 1.54) is 0 Å². The molecule has 0 aromatic rings. The second-order valence-corrected chi connectivity index (χ2v) is 11.7. The molecule has 0 bridgehead atoms. The van der Waals surface area contributed by atoms with Crippen molar-refractivity contribution < 1.29 is 64.3 Å². The topological polar surface area (TPSA) is 221 Å². The van der Waals surface area contributed by atoms with Crippen LogP contribution in [0.3, 0.4) is 0 Å². The van der Waals surface area contributed by atoms with Gasteiger partial charge in [-0.3, -0.25) is 9.59 Å². The Labute approximate surface area is 244 Å². The number of aliphatic carboxylic acids is 1. The first-order chi connectivity index (χ1) is 19.7. The summed E-state index contributed by atoms with van der Waals surface area (Å²) in [5.41, 5.74) is 0.881. The molecule has 13 nitrogen and oxygen atoms in total. The number of carboxylic acids is 1. The Kier molecular flexibility index (Phi) is 12.1. The van der Waals surface area contributed by atoms with Crippen molar-refractivity contribution >= 4 is 17.9 Å². The second-order valence-electron chi connectivity index (χ2n) is 11.7. The molecule has 0 saturated carbocycles. The predicted octanol–water partition coefficient (Wildman–Crippen LogP) is -0.209. The van der Waals surface area contributed by atoms with Crippen LogP contribution in [0.15, 0.2) is 23.8 Å². The Balaban J connectivity index is 1.55. The summed E-state index contributed by atoms with van der Waals surface area (Å²) in [7, 11) is 0. The third-order valence-electron chi connectivity index (χ3n) is 8.50. The highest BCUT2D eigenvalue weighted by molar-refractivity contribution is 5.74. The summed E-state index contributed by atoms with van der Waals surface area (Å²) >= 11 is 0. The van der Waals surface area contributed by atoms with E-state index >= 15 is 0 Å². The fourth-order valence-electron chi connectivity index (χ4n) is 5.84. The summed E-state index contributed by atoms with van der Waals surface area (Å²) in [6.07, 6.45) is -6.60. The number of esters is 2. The number of aliphatic hydroxyl groups excluding tert-OH is 6. The molecule has 13 heteroatoms. The van der Waals surface area contributed by atoms with Crippen molar-refractivity contribution in [1.29, 1.82) is 0 Å². The Morgan fingerprint density at radius 3 is 2.38 bits per heavy atom. The maximum Gasteiger partial charge on any atom is 0.335 e. The molecule has 3 aliphatic rings. The van der Waals surface area contributed by atoms with E-state index in [9.17, 15) is 45.0 Å². The van der Waals surface area contributed by atoms with Crippen molar-refractivity contribution in [3.63, 3.8) is 0 Å². The Morgan fingerprint density at radius 1 is 1.05 bits per heavy atom. The fourth-order valence-corrected chi connectivity index (χ4v) is 5.84. The third-order valence-corrected chi connectivity index (χ3v) is 8.50. The summed E-state index contributed by atoms with van der Waals surface area (Å²) in [5.74, 6) is -3.39. The minimum absolute atomic E-state index is 0.0193. The molecule has 42 heavy (non-hydrogen) atoms. The van der Waals surface area contributed by atoms with E-state index in [2.05, 4.69) is 0 Å². The van der Waals surface area contributed by atoms with Gasteiger partial charge in [0, 0.05) is 12.3 Å². The number of hydrogen-bond acceptors (Lipinski definition) is 12. The SMILES string of the molecule is CC[C@H](C)C(=O)O[C@H]1C[C@H](O)C=C2C=C[C@H](C)[C@H](CC[C@@H](O)C[C@@H](O)CC(=O)O[C@H]3O[C@@H](C(=O)O)[C@H](O)[C@@H](O)[C@@H]3O)[C@H]21. The van der Waals surface area contributed by atoms with Crippen molar-refractivity contribution in [2.24, 2.45) is 23.7 Å². The fraction of sp³-hybridized carbons (Fsp3) is 0.759. The van der Waals surface area contributed by atoms with Gasteiger partial charge in [-0.05, 0) is 43.1 Å². The molecule has 0 aromatic carbocycles. The molecule has 2 aliphatic carbocycles. The van der Waals surface area contributed by atoms with E-state index < -0.39 is 73.5 Å². The number of carboxylic acid groups (broad SMARTS) is 1. The number of allylic oxidation sites excluding steroid dienone is 2. The van der Waals surface area contributed by atoms with Crippen molar-refractivity contribution in [2.45, 2.75) is 114 Å². The highest BCUT2D eigenvalue weighted by Crippen LogP contribution is 2.44. The normalized spacial score (nSPS) is 36.6. The van der Waals surface area contributed by atoms with E-state index in [1.54, 1.807) is 13.0 Å². The lowest BCUT2D eigenvalue weighted by Crippen LogP contribution is -2.60. The number of aliphatic hydroxyl groups is 6. The molecular weight excluding hydrogens is 556 g/mol. The first kappa shape index (κ1) is 34.1. The van der Waals surface area contributed by atoms with Gasteiger partial charge in [-0.25, -0.2) is 4.79 Å². The lowest BCUT2D eigenvalue weighted by Gasteiger charge is -2.43. The summed E-state index contributed by atoms with van der Waals surface area (Å²) in [6, 6.07) is 0. The molecule has 0 aromatic heterocycles. The number of carbonyl (C=O) groups is 3. The van der Waals surface area contributed by atoms with Gasteiger partial charge in [-0.15, -0.1) is 0 Å². The van der Waals surface area contributed by atoms with Gasteiger partial charge in [-0.2, -0.15) is 0 Å². The molecule has 3 rings (SSSR count). The molecule has 0 radical (unpaired) electrons. The largest absolute Gasteiger partial charge is 0.479 e. The van der Waals surface area contributed by atoms with Crippen LogP contribution < -0.4 is 0 Å². The van der Waals surface area contributed by atoms with Crippen LogP contribution in [0.1, 0.15) is 59.3 Å². The van der Waals surface area contributed by atoms with Gasteiger partial charge in [0.05, 0.1) is 30.7 Å². The molecule has 238 valence electrons. The highest BCUT2D eigenvalue weighted by Gasteiger charge is 2.48. The van der Waals surface area contributed by atoms with Crippen LogP contribution in [-0.4, -0.2) is 109 Å². The summed E-state index contributed by atoms with van der Waals surface area (Å²) in [4.78, 5) is 36.1. The van der Waals surface area contributed by atoms with Gasteiger partial charge in [0.15, 0.2) is 6.10 Å². The van der Waals surface area contributed by atoms with Gasteiger partial charge in [0.25, 0.3) is 0 Å². The monoisotopic (exact) mass is 600 g/mol. The molecule has 7 N–H and O–H groups in total. The lowest BCUT2D eigenvalue weighted by atomic mass is 9.66. The third kappa shape index (κ3) is 8.37. The van der Waals surface area contributed by atoms with Crippen molar-refractivity contribution in [3.05, 3.63) is 23.8 Å². The molecule has 13 atom stereocenters. The van der Waals surface area contributed by atoms with E-state index in [4.69, 9.17) is 19.3 Å². The number of carbonyl (C=O) groups excluding carboxylic acids is 2. The van der Waals surface area contributed by atoms with Crippen molar-refractivity contribution in [1.82, 2.24) is 0 Å². The van der Waals surface area contributed by atoms with Crippen LogP contribution in [-0.2, 0) is 28.6 Å². The first-order valence-corrected chi connectivity index (χ1v) is 14.5. The van der Waals surface area contributed by atoms with Gasteiger partial charge in [-0.1, -0.05) is 39.0 Å². The van der Waals surface area contributed by atoms with E-state index in [0.29, 0.717) is 12.8 Å². The predicted molar refractivity (Wildman–Crippen MR) is 144 cm³/mol. The molecule has 1 fully saturated rings. The van der Waals surface area contributed by atoms with Crippen LogP contribution in [0.2, 0.25) is 0 Å². The van der Waals surface area contributed by atoms with Gasteiger partial charge in [0.2, 0.25) is 6.29 Å². The zero-order valence-electron chi connectivity index (χ0n) is 24.1. The van der Waals surface area contributed by atoms with Crippen LogP contribution in [0.5, 0.6) is 0 Å². The molecule has 1 heterocycles. The number of ether oxygens (including phenoxy) is 3. The van der Waals surface area contributed by atoms with Crippen LogP contribution in [0, 0.1) is 23.7 Å². The quantitative estimate of drug-likeness (QED) is 0.144. The summed E-state index contributed by atoms with van der Waals surface area (Å²) < 4.78 is 15.7. The second kappa shape index (κ2) is 14.9. The summed E-state index contributed by atoms with van der Waals surface area (Å²) in [5, 5.41) is 70.1. The number of hydrogen-bond donors (Lipinski definition) is 7. The summed E-state index contributed by atoms with van der Waals surface area (Å²) in [6.45, 7) is 5.72. The molecule has 0 spiro atoms. The van der Waals surface area contributed by atoms with Crippen LogP contribution in [0.25, 0.3) is 0 Å². The van der Waals surface area contributed by atoms with Crippen LogP contribution >= 0.6 is 0 Å². The van der Waals surface area contributed by atoms with Crippen molar-refractivity contribution in [3.8, 4) is 0 Å². The molecule has 1 aliphatic heterocycles. The highest BCUT2D eigenvalue weighted by atomic mass is 16.7. The molecule has 0 unspecified atom stereocenters. The number of rotatable bonds is 12. The zero-order chi connectivity index (χ0) is 31.3. The van der Waals surface area contributed by atoms with Crippen LogP contribution in [0.4, 0.5) is 0 Å².